The summed E-state index contributed by atoms with van der Waals surface area (Å²) in [5.41, 5.74) is 2.54. The minimum atomic E-state index is -4.75. The molecule has 39 heavy (non-hydrogen) atoms. The van der Waals surface area contributed by atoms with Gasteiger partial charge < -0.3 is 15.8 Å². The first-order valence-electron chi connectivity index (χ1n) is 11.2. The van der Waals surface area contributed by atoms with E-state index in [0.717, 1.165) is 19.2 Å². The van der Waals surface area contributed by atoms with Crippen LogP contribution in [0.1, 0.15) is 41.2 Å². The summed E-state index contributed by atoms with van der Waals surface area (Å²) < 4.78 is 84.7. The van der Waals surface area contributed by atoms with Gasteiger partial charge in [0.25, 0.3) is 5.91 Å². The van der Waals surface area contributed by atoms with Crippen molar-refractivity contribution in [3.05, 3.63) is 77.3 Å². The van der Waals surface area contributed by atoms with E-state index in [1.165, 1.54) is 38.6 Å². The van der Waals surface area contributed by atoms with Crippen molar-refractivity contribution in [2.24, 2.45) is 10.7 Å². The minimum Gasteiger partial charge on any atom is -0.480 e. The lowest BCUT2D eigenvalue weighted by molar-refractivity contribution is -0.137. The lowest BCUT2D eigenvalue weighted by atomic mass is 9.92. The van der Waals surface area contributed by atoms with Gasteiger partial charge in [-0.15, -0.1) is 0 Å². The molecule has 206 valence electrons. The predicted octanol–water partition coefficient (Wildman–Crippen LogP) is 3.21. The summed E-state index contributed by atoms with van der Waals surface area (Å²) in [5, 5.41) is 2.52. The number of hydrogen-bond donors (Lipinski definition) is 2. The standard InChI is InChI=1S/C24H22F4N6O4S/c1-22(15-9-14(4-5-16(15)25)33-20(35)17-10-32-19(38-3)11-31-17)12-39(36,37)23(2,21(29)34-22)18-8-13(6-7-30-18)24(26,27)28/h4-11H,12H2,1-3H3,(H2,29,34)(H,33,35). The monoisotopic (exact) mass is 566 g/mol. The van der Waals surface area contributed by atoms with Gasteiger partial charge in [-0.25, -0.2) is 22.8 Å². The van der Waals surface area contributed by atoms with Crippen molar-refractivity contribution in [1.29, 1.82) is 0 Å². The molecule has 2 aromatic heterocycles. The zero-order valence-corrected chi connectivity index (χ0v) is 21.6. The molecule has 1 aliphatic rings. The summed E-state index contributed by atoms with van der Waals surface area (Å²) in [6.45, 7) is 2.42. The van der Waals surface area contributed by atoms with E-state index < -0.39 is 60.9 Å². The Bertz CT molecular complexity index is 1580. The van der Waals surface area contributed by atoms with Crippen molar-refractivity contribution in [2.45, 2.75) is 30.3 Å². The fraction of sp³-hybridized carbons (Fsp3) is 0.292. The molecule has 1 amide bonds. The third-order valence-corrected chi connectivity index (χ3v) is 9.00. The molecule has 3 aromatic rings. The van der Waals surface area contributed by atoms with Gasteiger partial charge in [-0.05, 0) is 44.2 Å². The fourth-order valence-corrected chi connectivity index (χ4v) is 6.17. The van der Waals surface area contributed by atoms with Gasteiger partial charge >= 0.3 is 6.18 Å². The lowest BCUT2D eigenvalue weighted by Gasteiger charge is -2.39. The molecule has 0 saturated carbocycles. The molecule has 15 heteroatoms. The molecular formula is C24H22F4N6O4S. The van der Waals surface area contributed by atoms with Gasteiger partial charge in [0.05, 0.1) is 36.5 Å². The quantitative estimate of drug-likeness (QED) is 0.447. The average Bonchev–Trinajstić information content (AvgIpc) is 2.87. The van der Waals surface area contributed by atoms with Crippen LogP contribution in [0.2, 0.25) is 0 Å². The van der Waals surface area contributed by atoms with Crippen LogP contribution < -0.4 is 15.8 Å². The summed E-state index contributed by atoms with van der Waals surface area (Å²) in [7, 11) is -3.04. The number of hydrogen-bond acceptors (Lipinski definition) is 9. The highest BCUT2D eigenvalue weighted by Gasteiger charge is 2.54. The van der Waals surface area contributed by atoms with Gasteiger partial charge in [-0.1, -0.05) is 0 Å². The number of nitrogens with zero attached hydrogens (tertiary/aromatic N) is 4. The Labute approximate surface area is 220 Å². The van der Waals surface area contributed by atoms with Crippen molar-refractivity contribution in [1.82, 2.24) is 15.0 Å². The number of sulfone groups is 1. The largest absolute Gasteiger partial charge is 0.480 e. The molecule has 0 radical (unpaired) electrons. The molecule has 0 spiro atoms. The second kappa shape index (κ2) is 9.55. The average molecular weight is 567 g/mol. The van der Waals surface area contributed by atoms with E-state index >= 15 is 4.39 Å². The molecule has 4 rings (SSSR count). The Kier molecular flexibility index (Phi) is 6.83. The first-order chi connectivity index (χ1) is 18.1. The van der Waals surface area contributed by atoms with Crippen molar-refractivity contribution in [2.75, 3.05) is 18.2 Å². The molecule has 2 atom stereocenters. The first-order valence-corrected chi connectivity index (χ1v) is 12.9. The number of nitrogens with one attached hydrogen (secondary N) is 1. The minimum absolute atomic E-state index is 0.0697. The number of amides is 1. The topological polar surface area (TPSA) is 150 Å². The SMILES string of the molecule is COc1cnc(C(=O)Nc2ccc(F)c(C3(C)CS(=O)(=O)C(C)(c4cc(C(F)(F)F)ccn4)C(N)=N3)c2)cn1. The van der Waals surface area contributed by atoms with E-state index in [9.17, 15) is 26.4 Å². The van der Waals surface area contributed by atoms with Crippen LogP contribution in [-0.2, 0) is 26.3 Å². The number of carbonyl (C=O) groups is 1. The Morgan fingerprint density at radius 2 is 1.82 bits per heavy atom. The summed E-state index contributed by atoms with van der Waals surface area (Å²) in [6, 6.07) is 4.75. The highest BCUT2D eigenvalue weighted by atomic mass is 32.2. The van der Waals surface area contributed by atoms with Crippen LogP contribution in [0.3, 0.4) is 0 Å². The number of methoxy groups -OCH3 is 1. The maximum atomic E-state index is 15.0. The molecule has 0 aliphatic carbocycles. The zero-order chi connectivity index (χ0) is 28.8. The molecule has 1 aromatic carbocycles. The van der Waals surface area contributed by atoms with Gasteiger partial charge in [0.1, 0.15) is 22.9 Å². The number of rotatable bonds is 5. The summed E-state index contributed by atoms with van der Waals surface area (Å²) in [6.07, 6.45) is -1.52. The molecule has 10 nitrogen and oxygen atoms in total. The van der Waals surface area contributed by atoms with Gasteiger partial charge in [0.15, 0.2) is 14.6 Å². The number of pyridine rings is 1. The van der Waals surface area contributed by atoms with E-state index in [1.807, 2.05) is 0 Å². The molecule has 0 saturated heterocycles. The summed E-state index contributed by atoms with van der Waals surface area (Å²) in [5.74, 6) is -2.72. The first kappa shape index (κ1) is 27.9. The number of benzene rings is 1. The number of nitrogens with two attached hydrogens (primary N) is 1. The number of carbonyl (C=O) groups excluding carboxylic acids is 1. The number of halogens is 4. The lowest BCUT2D eigenvalue weighted by Crippen LogP contribution is -2.55. The third-order valence-electron chi connectivity index (χ3n) is 6.40. The number of anilines is 1. The van der Waals surface area contributed by atoms with Crippen LogP contribution >= 0.6 is 0 Å². The molecule has 0 bridgehead atoms. The van der Waals surface area contributed by atoms with E-state index in [-0.39, 0.29) is 22.8 Å². The molecule has 3 N–H and O–H groups in total. The van der Waals surface area contributed by atoms with Gasteiger partial charge in [-0.3, -0.25) is 14.8 Å². The Balaban J connectivity index is 1.73. The van der Waals surface area contributed by atoms with Crippen LogP contribution in [0.15, 0.2) is 53.9 Å². The number of amidine groups is 1. The van der Waals surface area contributed by atoms with Crippen LogP contribution in [0, 0.1) is 5.82 Å². The summed E-state index contributed by atoms with van der Waals surface area (Å²) >= 11 is 0. The summed E-state index contributed by atoms with van der Waals surface area (Å²) in [4.78, 5) is 28.5. The van der Waals surface area contributed by atoms with Crippen LogP contribution in [-0.4, -0.2) is 48.0 Å². The van der Waals surface area contributed by atoms with Gasteiger partial charge in [0, 0.05) is 17.4 Å². The van der Waals surface area contributed by atoms with Gasteiger partial charge in [0.2, 0.25) is 5.88 Å². The number of ether oxygens (including phenoxy) is 1. The van der Waals surface area contributed by atoms with Crippen molar-refractivity contribution in [3.8, 4) is 5.88 Å². The fourth-order valence-electron chi connectivity index (χ4n) is 4.12. The van der Waals surface area contributed by atoms with E-state index in [1.54, 1.807) is 0 Å². The molecule has 3 heterocycles. The van der Waals surface area contributed by atoms with Crippen molar-refractivity contribution < 1.29 is 35.5 Å². The normalized spacial score (nSPS) is 22.6. The molecule has 1 aliphatic heterocycles. The van der Waals surface area contributed by atoms with Crippen LogP contribution in [0.25, 0.3) is 0 Å². The van der Waals surface area contributed by atoms with E-state index in [2.05, 4.69) is 25.3 Å². The maximum absolute atomic E-state index is 15.0. The Morgan fingerprint density at radius 1 is 1.10 bits per heavy atom. The molecule has 0 fully saturated rings. The molecule has 2 unspecified atom stereocenters. The Morgan fingerprint density at radius 3 is 2.41 bits per heavy atom. The van der Waals surface area contributed by atoms with E-state index in [0.29, 0.717) is 12.1 Å². The van der Waals surface area contributed by atoms with Gasteiger partial charge in [-0.2, -0.15) is 13.2 Å². The highest BCUT2D eigenvalue weighted by molar-refractivity contribution is 7.93. The highest BCUT2D eigenvalue weighted by Crippen LogP contribution is 2.43. The smallest absolute Gasteiger partial charge is 0.416 e. The maximum Gasteiger partial charge on any atom is 0.416 e. The Hall–Kier alpha value is -4.14. The number of alkyl halides is 3. The third kappa shape index (κ3) is 5.01. The van der Waals surface area contributed by atoms with Crippen LogP contribution in [0.5, 0.6) is 5.88 Å². The second-order valence-corrected chi connectivity index (χ2v) is 11.4. The van der Waals surface area contributed by atoms with E-state index in [4.69, 9.17) is 10.5 Å². The number of aromatic nitrogens is 3. The van der Waals surface area contributed by atoms with Crippen LogP contribution in [0.4, 0.5) is 23.2 Å². The second-order valence-electron chi connectivity index (χ2n) is 9.08. The molecular weight excluding hydrogens is 544 g/mol. The van der Waals surface area contributed by atoms with Crippen molar-refractivity contribution in [3.63, 3.8) is 0 Å². The number of aliphatic imine (C=N–C) groups is 1. The predicted molar refractivity (Wildman–Crippen MR) is 132 cm³/mol. The van der Waals surface area contributed by atoms with Crippen molar-refractivity contribution >= 4 is 27.3 Å². The zero-order valence-electron chi connectivity index (χ0n) is 20.7.